The second-order valence-corrected chi connectivity index (χ2v) is 5.35. The van der Waals surface area contributed by atoms with Crippen LogP contribution in [0.3, 0.4) is 0 Å². The average Bonchev–Trinajstić information content (AvgIpc) is 2.75. The summed E-state index contributed by atoms with van der Waals surface area (Å²) in [6, 6.07) is 5.83. The number of hydrogen-bond acceptors (Lipinski definition) is 2. The third-order valence-electron chi connectivity index (χ3n) is 3.66. The zero-order valence-corrected chi connectivity index (χ0v) is 11.3. The molecule has 4 heteroatoms. The summed E-state index contributed by atoms with van der Waals surface area (Å²) in [5.74, 6) is -1.97. The SMILES string of the molecule is Cc1cc(C)cc(NC(=O)C2CCCC2C(=O)O)c1. The predicted molar refractivity (Wildman–Crippen MR) is 73.0 cm³/mol. The first kappa shape index (κ1) is 13.6. The smallest absolute Gasteiger partial charge is 0.307 e. The molecule has 1 aliphatic rings. The standard InChI is InChI=1S/C15H19NO3/c1-9-6-10(2)8-11(7-9)16-14(17)12-4-3-5-13(12)15(18)19/h6-8,12-13H,3-5H2,1-2H3,(H,16,17)(H,18,19). The number of rotatable bonds is 3. The molecule has 1 aliphatic carbocycles. The monoisotopic (exact) mass is 261 g/mol. The maximum Gasteiger partial charge on any atom is 0.307 e. The first-order valence-corrected chi connectivity index (χ1v) is 6.59. The number of aryl methyl sites for hydroxylation is 2. The van der Waals surface area contributed by atoms with Crippen LogP contribution >= 0.6 is 0 Å². The Morgan fingerprint density at radius 1 is 1.11 bits per heavy atom. The van der Waals surface area contributed by atoms with E-state index in [-0.39, 0.29) is 5.91 Å². The van der Waals surface area contributed by atoms with E-state index in [1.165, 1.54) is 0 Å². The molecular weight excluding hydrogens is 242 g/mol. The number of carboxylic acid groups (broad SMARTS) is 1. The van der Waals surface area contributed by atoms with Gasteiger partial charge in [0, 0.05) is 5.69 Å². The van der Waals surface area contributed by atoms with Crippen LogP contribution in [0.2, 0.25) is 0 Å². The summed E-state index contributed by atoms with van der Waals surface area (Å²) in [4.78, 5) is 23.3. The van der Waals surface area contributed by atoms with Gasteiger partial charge in [-0.25, -0.2) is 0 Å². The molecule has 2 rings (SSSR count). The molecule has 0 heterocycles. The van der Waals surface area contributed by atoms with Crippen molar-refractivity contribution in [3.05, 3.63) is 29.3 Å². The minimum atomic E-state index is -0.863. The van der Waals surface area contributed by atoms with E-state index in [0.29, 0.717) is 12.8 Å². The third-order valence-corrected chi connectivity index (χ3v) is 3.66. The summed E-state index contributed by atoms with van der Waals surface area (Å²) in [6.07, 6.45) is 2.07. The maximum atomic E-state index is 12.2. The molecule has 2 atom stereocenters. The van der Waals surface area contributed by atoms with Crippen molar-refractivity contribution in [1.82, 2.24) is 0 Å². The molecule has 19 heavy (non-hydrogen) atoms. The van der Waals surface area contributed by atoms with Gasteiger partial charge in [0.2, 0.25) is 5.91 Å². The number of carboxylic acids is 1. The third kappa shape index (κ3) is 3.13. The topological polar surface area (TPSA) is 66.4 Å². The van der Waals surface area contributed by atoms with Crippen LogP contribution in [0.1, 0.15) is 30.4 Å². The van der Waals surface area contributed by atoms with Crippen molar-refractivity contribution in [3.63, 3.8) is 0 Å². The highest BCUT2D eigenvalue weighted by molar-refractivity contribution is 5.95. The molecule has 0 saturated heterocycles. The first-order chi connectivity index (χ1) is 8.97. The van der Waals surface area contributed by atoms with Gasteiger partial charge in [-0.05, 0) is 49.9 Å². The summed E-state index contributed by atoms with van der Waals surface area (Å²) in [5, 5.41) is 12.0. The van der Waals surface area contributed by atoms with E-state index in [0.717, 1.165) is 23.2 Å². The van der Waals surface area contributed by atoms with E-state index in [1.54, 1.807) is 0 Å². The van der Waals surface area contributed by atoms with E-state index in [9.17, 15) is 9.59 Å². The molecule has 102 valence electrons. The molecule has 2 unspecified atom stereocenters. The molecular formula is C15H19NO3. The highest BCUT2D eigenvalue weighted by Crippen LogP contribution is 2.33. The molecule has 0 aromatic heterocycles. The summed E-state index contributed by atoms with van der Waals surface area (Å²) < 4.78 is 0. The minimum Gasteiger partial charge on any atom is -0.481 e. The Hall–Kier alpha value is -1.84. The lowest BCUT2D eigenvalue weighted by atomic mass is 9.95. The number of carbonyl (C=O) groups excluding carboxylic acids is 1. The minimum absolute atomic E-state index is 0.171. The van der Waals surface area contributed by atoms with Gasteiger partial charge >= 0.3 is 5.97 Å². The Morgan fingerprint density at radius 3 is 2.26 bits per heavy atom. The fourth-order valence-electron chi connectivity index (χ4n) is 2.85. The van der Waals surface area contributed by atoms with Crippen LogP contribution in [0.15, 0.2) is 18.2 Å². The van der Waals surface area contributed by atoms with Crippen LogP contribution in [-0.4, -0.2) is 17.0 Å². The van der Waals surface area contributed by atoms with Crippen LogP contribution < -0.4 is 5.32 Å². The summed E-state index contributed by atoms with van der Waals surface area (Å²) in [6.45, 7) is 3.94. The molecule has 1 amide bonds. The highest BCUT2D eigenvalue weighted by Gasteiger charge is 2.37. The zero-order chi connectivity index (χ0) is 14.0. The molecule has 1 saturated carbocycles. The highest BCUT2D eigenvalue weighted by atomic mass is 16.4. The fourth-order valence-corrected chi connectivity index (χ4v) is 2.85. The zero-order valence-electron chi connectivity index (χ0n) is 11.3. The van der Waals surface area contributed by atoms with Gasteiger partial charge < -0.3 is 10.4 Å². The van der Waals surface area contributed by atoms with Crippen LogP contribution in [0.25, 0.3) is 0 Å². The van der Waals surface area contributed by atoms with Crippen molar-refractivity contribution in [2.45, 2.75) is 33.1 Å². The molecule has 0 aliphatic heterocycles. The van der Waals surface area contributed by atoms with Crippen molar-refractivity contribution in [2.75, 3.05) is 5.32 Å². The number of carbonyl (C=O) groups is 2. The Balaban J connectivity index is 2.10. The number of nitrogens with one attached hydrogen (secondary N) is 1. The van der Waals surface area contributed by atoms with E-state index in [1.807, 2.05) is 32.0 Å². The lowest BCUT2D eigenvalue weighted by Gasteiger charge is -2.16. The van der Waals surface area contributed by atoms with Crippen LogP contribution in [0, 0.1) is 25.7 Å². The van der Waals surface area contributed by atoms with Crippen molar-refractivity contribution in [1.29, 1.82) is 0 Å². The van der Waals surface area contributed by atoms with Gasteiger partial charge in [0.1, 0.15) is 0 Å². The summed E-state index contributed by atoms with van der Waals surface area (Å²) in [5.41, 5.74) is 2.91. The van der Waals surface area contributed by atoms with Crippen molar-refractivity contribution in [2.24, 2.45) is 11.8 Å². The lowest BCUT2D eigenvalue weighted by Crippen LogP contribution is -2.30. The second-order valence-electron chi connectivity index (χ2n) is 5.35. The normalized spacial score (nSPS) is 22.2. The van der Waals surface area contributed by atoms with E-state index in [4.69, 9.17) is 5.11 Å². The number of amides is 1. The second kappa shape index (κ2) is 5.43. The van der Waals surface area contributed by atoms with E-state index >= 15 is 0 Å². The van der Waals surface area contributed by atoms with Gasteiger partial charge in [0.25, 0.3) is 0 Å². The molecule has 0 radical (unpaired) electrons. The maximum absolute atomic E-state index is 12.2. The Kier molecular flexibility index (Phi) is 3.88. The van der Waals surface area contributed by atoms with E-state index in [2.05, 4.69) is 5.32 Å². The molecule has 0 spiro atoms. The molecule has 1 fully saturated rings. The predicted octanol–water partition coefficient (Wildman–Crippen LogP) is 2.74. The van der Waals surface area contributed by atoms with Crippen molar-refractivity contribution >= 4 is 17.6 Å². The Morgan fingerprint density at radius 2 is 1.68 bits per heavy atom. The molecule has 1 aromatic rings. The van der Waals surface area contributed by atoms with Crippen molar-refractivity contribution in [3.8, 4) is 0 Å². The van der Waals surface area contributed by atoms with Gasteiger partial charge in [0.05, 0.1) is 11.8 Å². The Labute approximate surface area is 112 Å². The van der Waals surface area contributed by atoms with Crippen molar-refractivity contribution < 1.29 is 14.7 Å². The molecule has 4 nitrogen and oxygen atoms in total. The quantitative estimate of drug-likeness (QED) is 0.879. The lowest BCUT2D eigenvalue weighted by molar-refractivity contribution is -0.145. The molecule has 0 bridgehead atoms. The number of aliphatic carboxylic acids is 1. The fraction of sp³-hybridized carbons (Fsp3) is 0.467. The van der Waals surface area contributed by atoms with Gasteiger partial charge in [0.15, 0.2) is 0 Å². The van der Waals surface area contributed by atoms with Crippen LogP contribution in [-0.2, 0) is 9.59 Å². The van der Waals surface area contributed by atoms with Crippen LogP contribution in [0.4, 0.5) is 5.69 Å². The molecule has 2 N–H and O–H groups in total. The number of hydrogen-bond donors (Lipinski definition) is 2. The Bertz CT molecular complexity index is 490. The van der Waals surface area contributed by atoms with Gasteiger partial charge in [-0.2, -0.15) is 0 Å². The number of benzene rings is 1. The largest absolute Gasteiger partial charge is 0.481 e. The van der Waals surface area contributed by atoms with Gasteiger partial charge in [-0.3, -0.25) is 9.59 Å². The summed E-state index contributed by atoms with van der Waals surface area (Å²) in [7, 11) is 0. The average molecular weight is 261 g/mol. The van der Waals surface area contributed by atoms with Gasteiger partial charge in [-0.15, -0.1) is 0 Å². The first-order valence-electron chi connectivity index (χ1n) is 6.59. The number of anilines is 1. The van der Waals surface area contributed by atoms with Gasteiger partial charge in [-0.1, -0.05) is 12.5 Å². The van der Waals surface area contributed by atoms with Crippen LogP contribution in [0.5, 0.6) is 0 Å². The molecule has 1 aromatic carbocycles. The summed E-state index contributed by atoms with van der Waals surface area (Å²) >= 11 is 0. The van der Waals surface area contributed by atoms with E-state index < -0.39 is 17.8 Å².